The Labute approximate surface area is 139 Å². The molecular formula is C18H17ClFNS. The maximum absolute atomic E-state index is 13.6. The van der Waals surface area contributed by atoms with Gasteiger partial charge in [0.1, 0.15) is 5.82 Å². The Hall–Kier alpha value is -1.29. The van der Waals surface area contributed by atoms with E-state index in [9.17, 15) is 4.39 Å². The molecule has 0 unspecified atom stereocenters. The topological polar surface area (TPSA) is 3.24 Å². The zero-order chi connectivity index (χ0) is 15.7. The van der Waals surface area contributed by atoms with E-state index in [-0.39, 0.29) is 5.82 Å². The lowest BCUT2D eigenvalue weighted by atomic mass is 9.96. The summed E-state index contributed by atoms with van der Waals surface area (Å²) >= 11 is 7.77. The first kappa shape index (κ1) is 15.6. The number of rotatable bonds is 3. The fraction of sp³-hybridized carbons (Fsp3) is 0.222. The van der Waals surface area contributed by atoms with Gasteiger partial charge in [-0.15, -0.1) is 0 Å². The van der Waals surface area contributed by atoms with E-state index >= 15 is 0 Å². The molecule has 0 bridgehead atoms. The molecule has 2 aromatic carbocycles. The average Bonchev–Trinajstić information content (AvgIpc) is 2.46. The van der Waals surface area contributed by atoms with Crippen molar-refractivity contribution in [2.45, 2.75) is 16.2 Å². The molecule has 22 heavy (non-hydrogen) atoms. The zero-order valence-electron chi connectivity index (χ0n) is 12.6. The number of benzene rings is 2. The monoisotopic (exact) mass is 333 g/mol. The van der Waals surface area contributed by atoms with Crippen LogP contribution >= 0.6 is 23.4 Å². The highest BCUT2D eigenvalue weighted by atomic mass is 35.5. The van der Waals surface area contributed by atoms with Gasteiger partial charge in [-0.2, -0.15) is 0 Å². The summed E-state index contributed by atoms with van der Waals surface area (Å²) in [5.74, 6) is -0.198. The number of halogens is 2. The fourth-order valence-corrected chi connectivity index (χ4v) is 3.84. The van der Waals surface area contributed by atoms with Crippen LogP contribution in [-0.2, 0) is 0 Å². The molecule has 0 fully saturated rings. The molecule has 1 nitrogen and oxygen atoms in total. The Morgan fingerprint density at radius 2 is 1.91 bits per heavy atom. The van der Waals surface area contributed by atoms with Crippen LogP contribution in [0.25, 0.3) is 5.57 Å². The molecule has 0 radical (unpaired) electrons. The van der Waals surface area contributed by atoms with Crippen LogP contribution in [0.1, 0.15) is 17.5 Å². The summed E-state index contributed by atoms with van der Waals surface area (Å²) in [4.78, 5) is 4.24. The van der Waals surface area contributed by atoms with Gasteiger partial charge in [-0.3, -0.25) is 0 Å². The largest absolute Gasteiger partial charge is 0.309 e. The third-order valence-electron chi connectivity index (χ3n) is 3.61. The number of fused-ring (bicyclic) bond motifs is 2. The van der Waals surface area contributed by atoms with E-state index < -0.39 is 0 Å². The van der Waals surface area contributed by atoms with E-state index in [4.69, 9.17) is 11.6 Å². The van der Waals surface area contributed by atoms with Crippen molar-refractivity contribution in [3.05, 3.63) is 64.4 Å². The molecular weight excluding hydrogens is 317 g/mol. The van der Waals surface area contributed by atoms with Crippen molar-refractivity contribution in [3.63, 3.8) is 0 Å². The van der Waals surface area contributed by atoms with Gasteiger partial charge in [-0.25, -0.2) is 4.39 Å². The molecule has 0 spiro atoms. The van der Waals surface area contributed by atoms with Gasteiger partial charge in [-0.05, 0) is 67.5 Å². The smallest absolute Gasteiger partial charge is 0.124 e. The van der Waals surface area contributed by atoms with Crippen LogP contribution in [0, 0.1) is 5.82 Å². The van der Waals surface area contributed by atoms with Crippen LogP contribution in [-0.4, -0.2) is 25.5 Å². The Morgan fingerprint density at radius 1 is 1.09 bits per heavy atom. The lowest BCUT2D eigenvalue weighted by Gasteiger charge is -2.22. The average molecular weight is 334 g/mol. The van der Waals surface area contributed by atoms with Gasteiger partial charge in [0.05, 0.1) is 0 Å². The Kier molecular flexibility index (Phi) is 4.57. The molecule has 0 atom stereocenters. The van der Waals surface area contributed by atoms with Gasteiger partial charge in [0, 0.05) is 21.4 Å². The maximum atomic E-state index is 13.6. The van der Waals surface area contributed by atoms with Crippen molar-refractivity contribution < 1.29 is 4.39 Å². The molecule has 3 rings (SSSR count). The van der Waals surface area contributed by atoms with Crippen molar-refractivity contribution >= 4 is 28.9 Å². The third kappa shape index (κ3) is 3.22. The molecule has 4 heteroatoms. The summed E-state index contributed by atoms with van der Waals surface area (Å²) in [5.41, 5.74) is 3.36. The molecule has 1 aliphatic heterocycles. The van der Waals surface area contributed by atoms with Crippen LogP contribution in [0.3, 0.4) is 0 Å². The highest BCUT2D eigenvalue weighted by Gasteiger charge is 2.21. The standard InChI is InChI=1S/C18H17ClFNS/c1-21(2)9-3-4-14-15-7-6-13(20)11-18(15)22-17-8-5-12(19)10-16(14)17/h4-8,10-11H,3,9H2,1-2H3/b14-4+. The minimum Gasteiger partial charge on any atom is -0.309 e. The Morgan fingerprint density at radius 3 is 2.68 bits per heavy atom. The zero-order valence-corrected chi connectivity index (χ0v) is 14.1. The summed E-state index contributed by atoms with van der Waals surface area (Å²) < 4.78 is 13.6. The second kappa shape index (κ2) is 6.45. The van der Waals surface area contributed by atoms with E-state index in [0.29, 0.717) is 0 Å². The summed E-state index contributed by atoms with van der Waals surface area (Å²) in [7, 11) is 4.12. The Bertz CT molecular complexity index is 740. The van der Waals surface area contributed by atoms with Crippen LogP contribution in [0.5, 0.6) is 0 Å². The molecule has 0 N–H and O–H groups in total. The Balaban J connectivity index is 2.08. The van der Waals surface area contributed by atoms with E-state index in [1.807, 2.05) is 24.3 Å². The fourth-order valence-electron chi connectivity index (χ4n) is 2.56. The van der Waals surface area contributed by atoms with Crippen LogP contribution in [0.4, 0.5) is 4.39 Å². The van der Waals surface area contributed by atoms with E-state index in [2.05, 4.69) is 25.1 Å². The van der Waals surface area contributed by atoms with Gasteiger partial charge in [-0.1, -0.05) is 35.5 Å². The summed E-state index contributed by atoms with van der Waals surface area (Å²) in [6.45, 7) is 0.975. The first-order valence-electron chi connectivity index (χ1n) is 7.17. The third-order valence-corrected chi connectivity index (χ3v) is 4.98. The lowest BCUT2D eigenvalue weighted by Crippen LogP contribution is -2.12. The first-order chi connectivity index (χ1) is 10.5. The highest BCUT2D eigenvalue weighted by Crippen LogP contribution is 2.46. The van der Waals surface area contributed by atoms with Gasteiger partial charge >= 0.3 is 0 Å². The number of hydrogen-bond acceptors (Lipinski definition) is 2. The predicted octanol–water partition coefficient (Wildman–Crippen LogP) is 5.33. The van der Waals surface area contributed by atoms with Crippen LogP contribution < -0.4 is 0 Å². The second-order valence-corrected chi connectivity index (χ2v) is 7.11. The minimum atomic E-state index is -0.198. The lowest BCUT2D eigenvalue weighted by molar-refractivity contribution is 0.417. The molecule has 0 amide bonds. The van der Waals surface area contributed by atoms with Gasteiger partial charge in [0.25, 0.3) is 0 Å². The minimum absolute atomic E-state index is 0.198. The van der Waals surface area contributed by atoms with Crippen molar-refractivity contribution in [1.29, 1.82) is 0 Å². The first-order valence-corrected chi connectivity index (χ1v) is 8.36. The van der Waals surface area contributed by atoms with Gasteiger partial charge in [0.2, 0.25) is 0 Å². The van der Waals surface area contributed by atoms with Gasteiger partial charge in [0.15, 0.2) is 0 Å². The van der Waals surface area contributed by atoms with Crippen molar-refractivity contribution in [3.8, 4) is 0 Å². The molecule has 0 saturated carbocycles. The van der Waals surface area contributed by atoms with E-state index in [0.717, 1.165) is 44.5 Å². The number of hydrogen-bond donors (Lipinski definition) is 0. The van der Waals surface area contributed by atoms with Crippen molar-refractivity contribution in [1.82, 2.24) is 4.90 Å². The maximum Gasteiger partial charge on any atom is 0.124 e. The predicted molar refractivity (Wildman–Crippen MR) is 92.2 cm³/mol. The molecule has 1 aliphatic rings. The normalized spacial score (nSPS) is 15.0. The molecule has 0 aromatic heterocycles. The summed E-state index contributed by atoms with van der Waals surface area (Å²) in [6, 6.07) is 10.9. The van der Waals surface area contributed by atoms with Crippen LogP contribution in [0.15, 0.2) is 52.3 Å². The van der Waals surface area contributed by atoms with E-state index in [1.54, 1.807) is 17.8 Å². The quantitative estimate of drug-likeness (QED) is 0.637. The summed E-state index contributed by atoms with van der Waals surface area (Å²) in [6.07, 6.45) is 3.17. The van der Waals surface area contributed by atoms with Crippen LogP contribution in [0.2, 0.25) is 5.02 Å². The van der Waals surface area contributed by atoms with Gasteiger partial charge < -0.3 is 4.90 Å². The van der Waals surface area contributed by atoms with Crippen molar-refractivity contribution in [2.24, 2.45) is 0 Å². The highest BCUT2D eigenvalue weighted by molar-refractivity contribution is 7.99. The molecule has 2 aromatic rings. The number of nitrogens with zero attached hydrogens (tertiary/aromatic N) is 1. The molecule has 0 aliphatic carbocycles. The second-order valence-electron chi connectivity index (χ2n) is 5.59. The van der Waals surface area contributed by atoms with E-state index in [1.165, 1.54) is 6.07 Å². The SMILES string of the molecule is CN(C)CC/C=C1\c2ccc(F)cc2Sc2ccc(Cl)cc21. The van der Waals surface area contributed by atoms with Crippen molar-refractivity contribution in [2.75, 3.05) is 20.6 Å². The molecule has 0 saturated heterocycles. The molecule has 114 valence electrons. The molecule has 1 heterocycles. The summed E-state index contributed by atoms with van der Waals surface area (Å²) in [5, 5.41) is 0.725.